The molecule has 0 saturated heterocycles. The minimum Gasteiger partial charge on any atom is -0.481 e. The largest absolute Gasteiger partial charge is 0.481 e. The summed E-state index contributed by atoms with van der Waals surface area (Å²) in [5.74, 6) is 0.0484. The third-order valence-corrected chi connectivity index (χ3v) is 4.66. The highest BCUT2D eigenvalue weighted by Crippen LogP contribution is 2.23. The number of esters is 1. The molecule has 1 amide bonds. The Bertz CT molecular complexity index is 1030. The van der Waals surface area contributed by atoms with Crippen molar-refractivity contribution in [3.8, 4) is 5.75 Å². The van der Waals surface area contributed by atoms with Gasteiger partial charge in [-0.25, -0.2) is 4.79 Å². The number of carbonyl (C=O) groups excluding carboxylic acids is 2. The van der Waals surface area contributed by atoms with Crippen molar-refractivity contribution < 1.29 is 19.1 Å². The molecule has 0 aliphatic rings. The Morgan fingerprint density at radius 3 is 2.41 bits per heavy atom. The van der Waals surface area contributed by atoms with Crippen molar-refractivity contribution in [3.63, 3.8) is 0 Å². The fourth-order valence-electron chi connectivity index (χ4n) is 3.09. The van der Waals surface area contributed by atoms with Crippen molar-refractivity contribution >= 4 is 28.3 Å². The molecule has 0 aliphatic carbocycles. The fourth-order valence-corrected chi connectivity index (χ4v) is 3.09. The molecule has 0 radical (unpaired) electrons. The first-order valence-corrected chi connectivity index (χ1v) is 9.76. The van der Waals surface area contributed by atoms with Crippen molar-refractivity contribution in [1.82, 2.24) is 0 Å². The molecule has 0 bridgehead atoms. The van der Waals surface area contributed by atoms with Crippen molar-refractivity contribution in [3.05, 3.63) is 71.8 Å². The first-order chi connectivity index (χ1) is 14.0. The zero-order chi connectivity index (χ0) is 20.8. The topological polar surface area (TPSA) is 64.6 Å². The molecule has 0 heterocycles. The Kier molecular flexibility index (Phi) is 6.50. The van der Waals surface area contributed by atoms with Crippen LogP contribution in [0, 0.1) is 6.92 Å². The van der Waals surface area contributed by atoms with E-state index in [0.29, 0.717) is 30.0 Å². The summed E-state index contributed by atoms with van der Waals surface area (Å²) in [5.41, 5.74) is 1.88. The molecule has 3 aromatic rings. The third-order valence-electron chi connectivity index (χ3n) is 4.66. The van der Waals surface area contributed by atoms with Crippen LogP contribution in [0.2, 0.25) is 0 Å². The summed E-state index contributed by atoms with van der Waals surface area (Å²) in [7, 11) is 0. The molecule has 0 unspecified atom stereocenters. The van der Waals surface area contributed by atoms with Gasteiger partial charge >= 0.3 is 5.97 Å². The number of amides is 1. The number of anilines is 1. The Balaban J connectivity index is 1.71. The van der Waals surface area contributed by atoms with Crippen molar-refractivity contribution in [2.75, 3.05) is 11.9 Å². The maximum Gasteiger partial charge on any atom is 0.338 e. The monoisotopic (exact) mass is 391 g/mol. The van der Waals surface area contributed by atoms with Gasteiger partial charge in [0, 0.05) is 5.69 Å². The van der Waals surface area contributed by atoms with E-state index in [4.69, 9.17) is 9.47 Å². The predicted molar refractivity (Wildman–Crippen MR) is 114 cm³/mol. The molecule has 1 N–H and O–H groups in total. The van der Waals surface area contributed by atoms with Gasteiger partial charge in [0.25, 0.3) is 5.91 Å². The summed E-state index contributed by atoms with van der Waals surface area (Å²) in [6.07, 6.45) is -0.0983. The van der Waals surface area contributed by atoms with Gasteiger partial charge in [0.05, 0.1) is 12.2 Å². The van der Waals surface area contributed by atoms with E-state index < -0.39 is 6.10 Å². The van der Waals surface area contributed by atoms with Crippen LogP contribution in [0.4, 0.5) is 5.69 Å². The van der Waals surface area contributed by atoms with Crippen LogP contribution in [0.5, 0.6) is 5.75 Å². The highest BCUT2D eigenvalue weighted by molar-refractivity contribution is 5.96. The van der Waals surface area contributed by atoms with Crippen LogP contribution in [0.25, 0.3) is 10.8 Å². The molecule has 0 saturated carbocycles. The summed E-state index contributed by atoms with van der Waals surface area (Å²) in [5, 5.41) is 5.08. The second-order valence-corrected chi connectivity index (χ2v) is 6.76. The summed E-state index contributed by atoms with van der Waals surface area (Å²) in [6, 6.07) is 18.9. The van der Waals surface area contributed by atoms with Gasteiger partial charge in [-0.2, -0.15) is 0 Å². The molecule has 1 atom stereocenters. The van der Waals surface area contributed by atoms with E-state index in [1.54, 1.807) is 25.1 Å². The lowest BCUT2D eigenvalue weighted by molar-refractivity contribution is -0.122. The molecule has 0 aromatic heterocycles. The molecule has 0 aliphatic heterocycles. The number of carbonyl (C=O) groups is 2. The van der Waals surface area contributed by atoms with E-state index in [1.165, 1.54) is 0 Å². The first-order valence-electron chi connectivity index (χ1n) is 9.76. The summed E-state index contributed by atoms with van der Waals surface area (Å²) < 4.78 is 11.0. The zero-order valence-electron chi connectivity index (χ0n) is 16.9. The standard InChI is InChI=1S/C24H25NO4/c1-4-22(29-20-12-10-17-8-6-7-9-18(17)15-20)23(26)25-21-13-11-19(14-16(21)3)24(27)28-5-2/h6-15,22H,4-5H2,1-3H3,(H,25,26)/t22-/m1/s1. The Morgan fingerprint density at radius 2 is 1.72 bits per heavy atom. The second kappa shape index (κ2) is 9.24. The minimum absolute atomic E-state index is 0.229. The van der Waals surface area contributed by atoms with Gasteiger partial charge < -0.3 is 14.8 Å². The minimum atomic E-state index is -0.625. The van der Waals surface area contributed by atoms with Gasteiger partial charge in [0.1, 0.15) is 5.75 Å². The maximum atomic E-state index is 12.8. The molecular weight excluding hydrogens is 366 g/mol. The molecule has 3 aromatic carbocycles. The van der Waals surface area contributed by atoms with Gasteiger partial charge in [-0.3, -0.25) is 4.79 Å². The van der Waals surface area contributed by atoms with Gasteiger partial charge in [-0.1, -0.05) is 37.3 Å². The van der Waals surface area contributed by atoms with Gasteiger partial charge in [-0.15, -0.1) is 0 Å². The Hall–Kier alpha value is -3.34. The number of ether oxygens (including phenoxy) is 2. The lowest BCUT2D eigenvalue weighted by atomic mass is 10.1. The number of benzene rings is 3. The van der Waals surface area contributed by atoms with Crippen LogP contribution in [0.1, 0.15) is 36.2 Å². The van der Waals surface area contributed by atoms with Crippen LogP contribution < -0.4 is 10.1 Å². The van der Waals surface area contributed by atoms with Gasteiger partial charge in [0.2, 0.25) is 0 Å². The van der Waals surface area contributed by atoms with Crippen LogP contribution in [0.3, 0.4) is 0 Å². The average molecular weight is 391 g/mol. The molecule has 150 valence electrons. The summed E-state index contributed by atoms with van der Waals surface area (Å²) in [6.45, 7) is 5.83. The zero-order valence-corrected chi connectivity index (χ0v) is 16.9. The van der Waals surface area contributed by atoms with Gasteiger partial charge in [-0.05, 0) is 66.9 Å². The molecule has 0 fully saturated rings. The highest BCUT2D eigenvalue weighted by Gasteiger charge is 2.20. The first kappa shape index (κ1) is 20.4. The average Bonchev–Trinajstić information content (AvgIpc) is 2.73. The lowest BCUT2D eigenvalue weighted by Crippen LogP contribution is -2.32. The quantitative estimate of drug-likeness (QED) is 0.568. The normalized spacial score (nSPS) is 11.7. The van der Waals surface area contributed by atoms with Crippen molar-refractivity contribution in [2.24, 2.45) is 0 Å². The van der Waals surface area contributed by atoms with E-state index >= 15 is 0 Å². The molecule has 5 heteroatoms. The number of aryl methyl sites for hydroxylation is 1. The van der Waals surface area contributed by atoms with Crippen LogP contribution in [0.15, 0.2) is 60.7 Å². The SMILES string of the molecule is CCOC(=O)c1ccc(NC(=O)[C@@H](CC)Oc2ccc3ccccc3c2)c(C)c1. The maximum absolute atomic E-state index is 12.8. The van der Waals surface area contributed by atoms with Crippen LogP contribution in [-0.2, 0) is 9.53 Å². The van der Waals surface area contributed by atoms with E-state index in [0.717, 1.165) is 16.3 Å². The number of nitrogens with one attached hydrogen (secondary N) is 1. The number of hydrogen-bond donors (Lipinski definition) is 1. The van der Waals surface area contributed by atoms with Crippen LogP contribution in [-0.4, -0.2) is 24.6 Å². The lowest BCUT2D eigenvalue weighted by Gasteiger charge is -2.18. The van der Waals surface area contributed by atoms with E-state index in [-0.39, 0.29) is 11.9 Å². The summed E-state index contributed by atoms with van der Waals surface area (Å²) in [4.78, 5) is 24.6. The van der Waals surface area contributed by atoms with Crippen molar-refractivity contribution in [1.29, 1.82) is 0 Å². The predicted octanol–water partition coefficient (Wildman–Crippen LogP) is 5.12. The smallest absolute Gasteiger partial charge is 0.338 e. The molecular formula is C24H25NO4. The summed E-state index contributed by atoms with van der Waals surface area (Å²) >= 11 is 0. The molecule has 0 spiro atoms. The number of fused-ring (bicyclic) bond motifs is 1. The molecule has 29 heavy (non-hydrogen) atoms. The van der Waals surface area contributed by atoms with Crippen molar-refractivity contribution in [2.45, 2.75) is 33.3 Å². The number of rotatable bonds is 7. The molecule has 3 rings (SSSR count). The van der Waals surface area contributed by atoms with E-state index in [1.807, 2.05) is 56.3 Å². The Labute approximate surface area is 170 Å². The van der Waals surface area contributed by atoms with Gasteiger partial charge in [0.15, 0.2) is 6.10 Å². The van der Waals surface area contributed by atoms with E-state index in [9.17, 15) is 9.59 Å². The Morgan fingerprint density at radius 1 is 0.966 bits per heavy atom. The van der Waals surface area contributed by atoms with E-state index in [2.05, 4.69) is 5.32 Å². The highest BCUT2D eigenvalue weighted by atomic mass is 16.5. The van der Waals surface area contributed by atoms with Crippen LogP contribution >= 0.6 is 0 Å². The molecule has 5 nitrogen and oxygen atoms in total. The fraction of sp³-hybridized carbons (Fsp3) is 0.250. The second-order valence-electron chi connectivity index (χ2n) is 6.76. The number of hydrogen-bond acceptors (Lipinski definition) is 4. The third kappa shape index (κ3) is 4.93.